The van der Waals surface area contributed by atoms with Crippen molar-refractivity contribution in [2.24, 2.45) is 4.99 Å². The van der Waals surface area contributed by atoms with Crippen LogP contribution >= 0.6 is 24.0 Å². The van der Waals surface area contributed by atoms with Crippen molar-refractivity contribution >= 4 is 29.9 Å². The second kappa shape index (κ2) is 17.0. The van der Waals surface area contributed by atoms with E-state index in [1.807, 2.05) is 0 Å². The molecule has 0 aliphatic carbocycles. The summed E-state index contributed by atoms with van der Waals surface area (Å²) in [5, 5.41) is 6.51. The zero-order valence-corrected chi connectivity index (χ0v) is 15.9. The van der Waals surface area contributed by atoms with Crippen molar-refractivity contribution in [1.29, 1.82) is 0 Å². The average Bonchev–Trinajstić information content (AvgIpc) is 2.39. The third-order valence-corrected chi connectivity index (χ3v) is 2.90. The summed E-state index contributed by atoms with van der Waals surface area (Å²) in [6.07, 6.45) is 6.45. The van der Waals surface area contributed by atoms with Crippen LogP contribution in [0.25, 0.3) is 0 Å². The van der Waals surface area contributed by atoms with Gasteiger partial charge in [0, 0.05) is 27.2 Å². The molecule has 0 heterocycles. The van der Waals surface area contributed by atoms with E-state index in [1.165, 1.54) is 38.6 Å². The van der Waals surface area contributed by atoms with Gasteiger partial charge in [-0.1, -0.05) is 19.3 Å². The Labute approximate surface area is 141 Å². The molecule has 0 aromatic carbocycles. The Balaban J connectivity index is 0. The zero-order valence-electron chi connectivity index (χ0n) is 13.6. The molecule has 0 bridgehead atoms. The topological polar surface area (TPSA) is 48.9 Å². The van der Waals surface area contributed by atoms with E-state index >= 15 is 0 Å². The van der Waals surface area contributed by atoms with Crippen molar-refractivity contribution < 1.29 is 4.74 Å². The van der Waals surface area contributed by atoms with Gasteiger partial charge in [-0.05, 0) is 33.5 Å². The highest BCUT2D eigenvalue weighted by Crippen LogP contribution is 2.02. The number of rotatable bonds is 11. The molecule has 0 radical (unpaired) electrons. The summed E-state index contributed by atoms with van der Waals surface area (Å²) in [5.74, 6) is 0.865. The summed E-state index contributed by atoms with van der Waals surface area (Å²) >= 11 is 0. The molecule has 0 aromatic rings. The Bertz CT molecular complexity index is 225. The maximum absolute atomic E-state index is 4.99. The van der Waals surface area contributed by atoms with Crippen LogP contribution in [-0.2, 0) is 4.74 Å². The number of guanidine groups is 1. The van der Waals surface area contributed by atoms with Crippen molar-refractivity contribution in [1.82, 2.24) is 15.5 Å². The van der Waals surface area contributed by atoms with Gasteiger partial charge in [-0.2, -0.15) is 0 Å². The van der Waals surface area contributed by atoms with Crippen molar-refractivity contribution in [2.75, 3.05) is 54.5 Å². The molecule has 0 saturated heterocycles. The van der Waals surface area contributed by atoms with E-state index in [0.717, 1.165) is 19.0 Å². The van der Waals surface area contributed by atoms with Crippen LogP contribution in [-0.4, -0.2) is 65.4 Å². The predicted molar refractivity (Wildman–Crippen MR) is 98.3 cm³/mol. The van der Waals surface area contributed by atoms with E-state index in [-0.39, 0.29) is 24.0 Å². The monoisotopic (exact) mass is 400 g/mol. The first-order valence-corrected chi connectivity index (χ1v) is 7.29. The van der Waals surface area contributed by atoms with E-state index in [0.29, 0.717) is 6.61 Å². The fraction of sp³-hybridized carbons (Fsp3) is 0.929. The molecule has 0 aromatic heterocycles. The van der Waals surface area contributed by atoms with Gasteiger partial charge >= 0.3 is 0 Å². The molecule has 6 heteroatoms. The van der Waals surface area contributed by atoms with Crippen molar-refractivity contribution in [2.45, 2.75) is 32.1 Å². The first-order valence-electron chi connectivity index (χ1n) is 7.29. The van der Waals surface area contributed by atoms with Gasteiger partial charge < -0.3 is 20.3 Å². The minimum atomic E-state index is 0. The summed E-state index contributed by atoms with van der Waals surface area (Å²) in [7, 11) is 7.76. The van der Waals surface area contributed by atoms with E-state index in [1.54, 1.807) is 14.2 Å². The lowest BCUT2D eigenvalue weighted by atomic mass is 10.1. The highest BCUT2D eigenvalue weighted by molar-refractivity contribution is 14.0. The van der Waals surface area contributed by atoms with Crippen LogP contribution in [0.2, 0.25) is 0 Å². The normalized spacial score (nSPS) is 11.3. The number of nitrogens with one attached hydrogen (secondary N) is 2. The van der Waals surface area contributed by atoms with Crippen LogP contribution in [0.15, 0.2) is 4.99 Å². The van der Waals surface area contributed by atoms with Crippen molar-refractivity contribution in [3.8, 4) is 0 Å². The number of hydrogen-bond acceptors (Lipinski definition) is 3. The predicted octanol–water partition coefficient (Wildman–Crippen LogP) is 1.93. The Morgan fingerprint density at radius 1 is 1.00 bits per heavy atom. The molecule has 0 saturated carbocycles. The number of halogens is 1. The highest BCUT2D eigenvalue weighted by Gasteiger charge is 1.96. The quantitative estimate of drug-likeness (QED) is 0.241. The summed E-state index contributed by atoms with van der Waals surface area (Å²) in [5.41, 5.74) is 0. The molecule has 5 nitrogen and oxygen atoms in total. The molecule has 20 heavy (non-hydrogen) atoms. The van der Waals surface area contributed by atoms with Crippen LogP contribution in [0, 0.1) is 0 Å². The lowest BCUT2D eigenvalue weighted by molar-refractivity contribution is 0.203. The number of methoxy groups -OCH3 is 1. The molecule has 0 atom stereocenters. The molecule has 0 unspecified atom stereocenters. The third kappa shape index (κ3) is 16.0. The molecule has 0 fully saturated rings. The molecule has 2 N–H and O–H groups in total. The Hall–Kier alpha value is -0.0800. The maximum atomic E-state index is 4.99. The van der Waals surface area contributed by atoms with Gasteiger partial charge in [0.2, 0.25) is 0 Å². The lowest BCUT2D eigenvalue weighted by Gasteiger charge is -2.11. The SMILES string of the molecule is CN=C(NCCCCCCCN(C)C)NCCOC.I. The van der Waals surface area contributed by atoms with Crippen LogP contribution in [0.1, 0.15) is 32.1 Å². The number of unbranched alkanes of at least 4 members (excludes halogenated alkanes) is 4. The van der Waals surface area contributed by atoms with Crippen LogP contribution in [0.5, 0.6) is 0 Å². The average molecular weight is 400 g/mol. The van der Waals surface area contributed by atoms with E-state index in [4.69, 9.17) is 4.74 Å². The Morgan fingerprint density at radius 3 is 2.20 bits per heavy atom. The molecular weight excluding hydrogens is 367 g/mol. The lowest BCUT2D eigenvalue weighted by Crippen LogP contribution is -2.39. The minimum absolute atomic E-state index is 0. The van der Waals surface area contributed by atoms with Crippen molar-refractivity contribution in [3.63, 3.8) is 0 Å². The summed E-state index contributed by atoms with van der Waals surface area (Å²) in [6.45, 7) is 3.68. The first-order chi connectivity index (χ1) is 9.20. The summed E-state index contributed by atoms with van der Waals surface area (Å²) in [6, 6.07) is 0. The first kappa shape index (κ1) is 22.2. The molecule has 122 valence electrons. The maximum Gasteiger partial charge on any atom is 0.191 e. The molecule has 0 amide bonds. The van der Waals surface area contributed by atoms with E-state index < -0.39 is 0 Å². The molecule has 0 spiro atoms. The van der Waals surface area contributed by atoms with Gasteiger partial charge in [0.1, 0.15) is 0 Å². The number of hydrogen-bond donors (Lipinski definition) is 2. The fourth-order valence-electron chi connectivity index (χ4n) is 1.78. The van der Waals surface area contributed by atoms with Crippen LogP contribution < -0.4 is 10.6 Å². The highest BCUT2D eigenvalue weighted by atomic mass is 127. The zero-order chi connectivity index (χ0) is 14.3. The van der Waals surface area contributed by atoms with E-state index in [9.17, 15) is 0 Å². The molecule has 0 rings (SSSR count). The second-order valence-electron chi connectivity index (χ2n) is 4.99. The second-order valence-corrected chi connectivity index (χ2v) is 4.99. The van der Waals surface area contributed by atoms with Gasteiger partial charge in [-0.25, -0.2) is 0 Å². The number of ether oxygens (including phenoxy) is 1. The van der Waals surface area contributed by atoms with Gasteiger partial charge in [0.05, 0.1) is 6.61 Å². The third-order valence-electron chi connectivity index (χ3n) is 2.90. The number of nitrogens with zero attached hydrogens (tertiary/aromatic N) is 2. The summed E-state index contributed by atoms with van der Waals surface area (Å²) < 4.78 is 4.99. The van der Waals surface area contributed by atoms with E-state index in [2.05, 4.69) is 34.6 Å². The summed E-state index contributed by atoms with van der Waals surface area (Å²) in [4.78, 5) is 6.41. The van der Waals surface area contributed by atoms with Crippen LogP contribution in [0.3, 0.4) is 0 Å². The molecule has 0 aliphatic rings. The Kier molecular flexibility index (Phi) is 18.8. The standard InChI is InChI=1S/C14H32N4O.HI/c1-15-14(17-11-13-19-4)16-10-8-6-5-7-9-12-18(2)3;/h5-13H2,1-4H3,(H2,15,16,17);1H. The molecular formula is C14H33IN4O. The van der Waals surface area contributed by atoms with Gasteiger partial charge in [-0.15, -0.1) is 24.0 Å². The largest absolute Gasteiger partial charge is 0.383 e. The van der Waals surface area contributed by atoms with Gasteiger partial charge in [0.15, 0.2) is 5.96 Å². The van der Waals surface area contributed by atoms with Crippen LogP contribution in [0.4, 0.5) is 0 Å². The Morgan fingerprint density at radius 2 is 1.60 bits per heavy atom. The van der Waals surface area contributed by atoms with Crippen molar-refractivity contribution in [3.05, 3.63) is 0 Å². The smallest absolute Gasteiger partial charge is 0.191 e. The number of aliphatic imine (C=N–C) groups is 1. The molecule has 0 aliphatic heterocycles. The van der Waals surface area contributed by atoms with Gasteiger partial charge in [0.25, 0.3) is 0 Å². The van der Waals surface area contributed by atoms with Gasteiger partial charge in [-0.3, -0.25) is 4.99 Å². The minimum Gasteiger partial charge on any atom is -0.383 e. The fourth-order valence-corrected chi connectivity index (χ4v) is 1.78.